The summed E-state index contributed by atoms with van der Waals surface area (Å²) < 4.78 is 16.0. The molecule has 0 bridgehead atoms. The van der Waals surface area contributed by atoms with Gasteiger partial charge in [-0.1, -0.05) is 6.92 Å². The van der Waals surface area contributed by atoms with Crippen LogP contribution in [-0.4, -0.2) is 39.3 Å². The van der Waals surface area contributed by atoms with Crippen LogP contribution in [0.2, 0.25) is 0 Å². The van der Waals surface area contributed by atoms with Gasteiger partial charge in [-0.3, -0.25) is 0 Å². The van der Waals surface area contributed by atoms with Crippen molar-refractivity contribution < 1.29 is 14.2 Å². The highest BCUT2D eigenvalue weighted by Gasteiger charge is 2.03. The Labute approximate surface area is 86.7 Å². The first kappa shape index (κ1) is 13.8. The van der Waals surface area contributed by atoms with Crippen LogP contribution in [0.1, 0.15) is 26.7 Å². The summed E-state index contributed by atoms with van der Waals surface area (Å²) in [7, 11) is 0. The Balaban J connectivity index is 3.15. The maximum atomic E-state index is 5.43. The molecule has 0 saturated carbocycles. The summed E-state index contributed by atoms with van der Waals surface area (Å²) in [5, 5.41) is 0. The van der Waals surface area contributed by atoms with E-state index in [9.17, 15) is 0 Å². The standard InChI is InChI=1S/C10H23NO3/c1-3-10(13-4-2)14-9-8-12-7-5-6-11/h10H,3-9,11H2,1-2H3. The molecule has 0 amide bonds. The normalized spacial score (nSPS) is 13.1. The first-order chi connectivity index (χ1) is 6.85. The van der Waals surface area contributed by atoms with Crippen molar-refractivity contribution in [2.24, 2.45) is 5.73 Å². The van der Waals surface area contributed by atoms with Crippen LogP contribution < -0.4 is 5.73 Å². The lowest BCUT2D eigenvalue weighted by atomic mass is 10.4. The molecule has 2 N–H and O–H groups in total. The van der Waals surface area contributed by atoms with E-state index in [-0.39, 0.29) is 6.29 Å². The molecular formula is C10H23NO3. The van der Waals surface area contributed by atoms with E-state index >= 15 is 0 Å². The number of rotatable bonds is 10. The van der Waals surface area contributed by atoms with Crippen LogP contribution in [0.4, 0.5) is 0 Å². The minimum absolute atomic E-state index is 0.0851. The second-order valence-electron chi connectivity index (χ2n) is 2.92. The molecule has 1 atom stereocenters. The SMILES string of the molecule is CCOC(CC)OCCOCCCN. The molecule has 1 unspecified atom stereocenters. The molecule has 0 aliphatic rings. The number of hydrogen-bond donors (Lipinski definition) is 1. The smallest absolute Gasteiger partial charge is 0.157 e. The molecule has 0 aromatic rings. The van der Waals surface area contributed by atoms with Gasteiger partial charge < -0.3 is 19.9 Å². The Kier molecular flexibility index (Phi) is 10.8. The van der Waals surface area contributed by atoms with Crippen molar-refractivity contribution in [3.63, 3.8) is 0 Å². The van der Waals surface area contributed by atoms with Gasteiger partial charge in [0.25, 0.3) is 0 Å². The molecule has 0 spiro atoms. The van der Waals surface area contributed by atoms with Crippen LogP contribution in [0, 0.1) is 0 Å². The number of ether oxygens (including phenoxy) is 3. The van der Waals surface area contributed by atoms with Crippen molar-refractivity contribution in [3.8, 4) is 0 Å². The second-order valence-corrected chi connectivity index (χ2v) is 2.92. The lowest BCUT2D eigenvalue weighted by molar-refractivity contribution is -0.148. The molecular weight excluding hydrogens is 182 g/mol. The van der Waals surface area contributed by atoms with Crippen LogP contribution in [0.25, 0.3) is 0 Å². The first-order valence-electron chi connectivity index (χ1n) is 5.36. The van der Waals surface area contributed by atoms with Crippen LogP contribution in [0.15, 0.2) is 0 Å². The van der Waals surface area contributed by atoms with Crippen molar-refractivity contribution >= 4 is 0 Å². The summed E-state index contributed by atoms with van der Waals surface area (Å²) in [4.78, 5) is 0. The van der Waals surface area contributed by atoms with Gasteiger partial charge in [-0.15, -0.1) is 0 Å². The van der Waals surface area contributed by atoms with Gasteiger partial charge in [-0.25, -0.2) is 0 Å². The van der Waals surface area contributed by atoms with Crippen molar-refractivity contribution in [1.29, 1.82) is 0 Å². The van der Waals surface area contributed by atoms with E-state index in [1.54, 1.807) is 0 Å². The van der Waals surface area contributed by atoms with Gasteiger partial charge in [-0.2, -0.15) is 0 Å². The lowest BCUT2D eigenvalue weighted by Crippen LogP contribution is -2.19. The van der Waals surface area contributed by atoms with E-state index in [1.807, 2.05) is 13.8 Å². The Morgan fingerprint density at radius 2 is 1.86 bits per heavy atom. The topological polar surface area (TPSA) is 53.7 Å². The van der Waals surface area contributed by atoms with Gasteiger partial charge in [0.15, 0.2) is 6.29 Å². The zero-order valence-corrected chi connectivity index (χ0v) is 9.33. The third-order valence-electron chi connectivity index (χ3n) is 1.71. The van der Waals surface area contributed by atoms with Crippen LogP contribution in [0.5, 0.6) is 0 Å². The second kappa shape index (κ2) is 10.9. The zero-order valence-electron chi connectivity index (χ0n) is 9.33. The Bertz CT molecular complexity index is 112. The number of hydrogen-bond acceptors (Lipinski definition) is 4. The summed E-state index contributed by atoms with van der Waals surface area (Å²) in [6, 6.07) is 0. The van der Waals surface area contributed by atoms with Crippen molar-refractivity contribution in [1.82, 2.24) is 0 Å². The molecule has 0 aliphatic heterocycles. The third-order valence-corrected chi connectivity index (χ3v) is 1.71. The van der Waals surface area contributed by atoms with E-state index in [0.29, 0.717) is 33.0 Å². The van der Waals surface area contributed by atoms with E-state index in [2.05, 4.69) is 0 Å². The average molecular weight is 205 g/mol. The fourth-order valence-corrected chi connectivity index (χ4v) is 0.996. The van der Waals surface area contributed by atoms with Crippen molar-refractivity contribution in [2.45, 2.75) is 33.0 Å². The largest absolute Gasteiger partial charge is 0.379 e. The molecule has 4 heteroatoms. The van der Waals surface area contributed by atoms with E-state index < -0.39 is 0 Å². The third kappa shape index (κ3) is 8.44. The average Bonchev–Trinajstić information content (AvgIpc) is 2.21. The zero-order chi connectivity index (χ0) is 10.6. The van der Waals surface area contributed by atoms with E-state index in [4.69, 9.17) is 19.9 Å². The summed E-state index contributed by atoms with van der Waals surface area (Å²) >= 11 is 0. The minimum Gasteiger partial charge on any atom is -0.379 e. The lowest BCUT2D eigenvalue weighted by Gasteiger charge is -2.15. The monoisotopic (exact) mass is 205 g/mol. The molecule has 86 valence electrons. The van der Waals surface area contributed by atoms with Gasteiger partial charge in [-0.05, 0) is 26.3 Å². The van der Waals surface area contributed by atoms with Gasteiger partial charge in [0.1, 0.15) is 0 Å². The van der Waals surface area contributed by atoms with Gasteiger partial charge >= 0.3 is 0 Å². The van der Waals surface area contributed by atoms with Crippen LogP contribution in [-0.2, 0) is 14.2 Å². The molecule has 0 rings (SSSR count). The van der Waals surface area contributed by atoms with E-state index in [0.717, 1.165) is 12.8 Å². The highest BCUT2D eigenvalue weighted by Crippen LogP contribution is 1.99. The van der Waals surface area contributed by atoms with Gasteiger partial charge in [0.2, 0.25) is 0 Å². The highest BCUT2D eigenvalue weighted by atomic mass is 16.7. The fraction of sp³-hybridized carbons (Fsp3) is 1.00. The number of nitrogens with two attached hydrogens (primary N) is 1. The Hall–Kier alpha value is -0.160. The molecule has 0 aromatic heterocycles. The fourth-order valence-electron chi connectivity index (χ4n) is 0.996. The summed E-state index contributed by atoms with van der Waals surface area (Å²) in [6.45, 7) is 7.28. The maximum Gasteiger partial charge on any atom is 0.157 e. The highest BCUT2D eigenvalue weighted by molar-refractivity contribution is 4.40. The Morgan fingerprint density at radius 1 is 1.07 bits per heavy atom. The predicted molar refractivity (Wildman–Crippen MR) is 56.1 cm³/mol. The molecule has 0 aliphatic carbocycles. The van der Waals surface area contributed by atoms with Gasteiger partial charge in [0, 0.05) is 13.2 Å². The predicted octanol–water partition coefficient (Wildman–Crippen LogP) is 1.14. The minimum atomic E-state index is -0.0851. The Morgan fingerprint density at radius 3 is 2.43 bits per heavy atom. The molecule has 0 fully saturated rings. The maximum absolute atomic E-state index is 5.43. The van der Waals surface area contributed by atoms with Crippen LogP contribution >= 0.6 is 0 Å². The summed E-state index contributed by atoms with van der Waals surface area (Å²) in [5.41, 5.74) is 5.32. The van der Waals surface area contributed by atoms with Gasteiger partial charge in [0.05, 0.1) is 13.2 Å². The molecule has 0 saturated heterocycles. The molecule has 4 nitrogen and oxygen atoms in total. The van der Waals surface area contributed by atoms with Crippen LogP contribution in [0.3, 0.4) is 0 Å². The van der Waals surface area contributed by atoms with E-state index in [1.165, 1.54) is 0 Å². The molecule has 14 heavy (non-hydrogen) atoms. The molecule has 0 heterocycles. The van der Waals surface area contributed by atoms with Crippen molar-refractivity contribution in [2.75, 3.05) is 33.0 Å². The summed E-state index contributed by atoms with van der Waals surface area (Å²) in [6.07, 6.45) is 1.69. The molecule has 0 radical (unpaired) electrons. The summed E-state index contributed by atoms with van der Waals surface area (Å²) in [5.74, 6) is 0. The van der Waals surface area contributed by atoms with Crippen molar-refractivity contribution in [3.05, 3.63) is 0 Å². The quantitative estimate of drug-likeness (QED) is 0.429. The first-order valence-corrected chi connectivity index (χ1v) is 5.36. The molecule has 0 aromatic carbocycles.